The summed E-state index contributed by atoms with van der Waals surface area (Å²) in [5.74, 6) is 0.912. The van der Waals surface area contributed by atoms with Gasteiger partial charge >= 0.3 is 0 Å². The summed E-state index contributed by atoms with van der Waals surface area (Å²) in [5.41, 5.74) is 0. The molecular formula is C14H21ClNO+. The summed E-state index contributed by atoms with van der Waals surface area (Å²) in [6.07, 6.45) is 6.75. The van der Waals surface area contributed by atoms with Gasteiger partial charge in [-0.1, -0.05) is 11.6 Å². The van der Waals surface area contributed by atoms with Crippen LogP contribution in [0, 0.1) is 0 Å². The maximum absolute atomic E-state index is 5.81. The van der Waals surface area contributed by atoms with Crippen LogP contribution in [0.2, 0.25) is 5.02 Å². The minimum Gasteiger partial charge on any atom is -0.493 e. The number of benzene rings is 1. The molecule has 1 aromatic rings. The molecule has 0 radical (unpaired) electrons. The predicted molar refractivity (Wildman–Crippen MR) is 70.6 cm³/mol. The lowest BCUT2D eigenvalue weighted by molar-refractivity contribution is -0.688. The summed E-state index contributed by atoms with van der Waals surface area (Å²) in [7, 11) is 0. The Morgan fingerprint density at radius 2 is 1.88 bits per heavy atom. The van der Waals surface area contributed by atoms with Gasteiger partial charge in [0.25, 0.3) is 0 Å². The number of ether oxygens (including phenoxy) is 1. The Hall–Kier alpha value is -0.730. The van der Waals surface area contributed by atoms with Gasteiger partial charge in [-0.05, 0) is 49.9 Å². The van der Waals surface area contributed by atoms with Crippen LogP contribution in [0.4, 0.5) is 0 Å². The average Bonchev–Trinajstić information content (AvgIpc) is 2.84. The fraction of sp³-hybridized carbons (Fsp3) is 0.571. The van der Waals surface area contributed by atoms with Crippen LogP contribution < -0.4 is 10.1 Å². The second kappa shape index (κ2) is 6.87. The molecule has 1 aliphatic carbocycles. The summed E-state index contributed by atoms with van der Waals surface area (Å²) < 4.78 is 5.65. The van der Waals surface area contributed by atoms with Crippen molar-refractivity contribution in [3.63, 3.8) is 0 Å². The average molecular weight is 255 g/mol. The highest BCUT2D eigenvalue weighted by molar-refractivity contribution is 6.30. The molecule has 1 saturated carbocycles. The third kappa shape index (κ3) is 4.57. The number of halogens is 1. The lowest BCUT2D eigenvalue weighted by Crippen LogP contribution is -2.89. The van der Waals surface area contributed by atoms with E-state index in [1.165, 1.54) is 32.2 Å². The van der Waals surface area contributed by atoms with Crippen LogP contribution in [0.3, 0.4) is 0 Å². The molecule has 0 amide bonds. The van der Waals surface area contributed by atoms with Crippen LogP contribution in [0.25, 0.3) is 0 Å². The van der Waals surface area contributed by atoms with Gasteiger partial charge in [0.1, 0.15) is 5.75 Å². The standard InChI is InChI=1S/C14H20ClNO/c15-12-6-8-14(9-7-12)17-11-3-10-16-13-4-1-2-5-13/h6-9,13,16H,1-5,10-11H2/p+1. The second-order valence-electron chi connectivity index (χ2n) is 4.72. The number of quaternary nitrogens is 1. The summed E-state index contributed by atoms with van der Waals surface area (Å²) in [5, 5.41) is 3.24. The lowest BCUT2D eigenvalue weighted by atomic mass is 10.2. The zero-order chi connectivity index (χ0) is 11.9. The van der Waals surface area contributed by atoms with Gasteiger partial charge in [0.2, 0.25) is 0 Å². The number of nitrogens with two attached hydrogens (primary N) is 1. The lowest BCUT2D eigenvalue weighted by Gasteiger charge is -2.09. The largest absolute Gasteiger partial charge is 0.493 e. The molecule has 1 aromatic carbocycles. The maximum atomic E-state index is 5.81. The molecule has 0 unspecified atom stereocenters. The summed E-state index contributed by atoms with van der Waals surface area (Å²) in [4.78, 5) is 0. The minimum absolute atomic E-state index is 0.756. The first-order valence-corrected chi connectivity index (χ1v) is 6.94. The molecule has 3 heteroatoms. The van der Waals surface area contributed by atoms with E-state index in [1.54, 1.807) is 0 Å². The Balaban J connectivity index is 1.55. The van der Waals surface area contributed by atoms with Crippen molar-refractivity contribution in [1.29, 1.82) is 0 Å². The third-order valence-electron chi connectivity index (χ3n) is 3.33. The van der Waals surface area contributed by atoms with Gasteiger partial charge in [-0.3, -0.25) is 0 Å². The Morgan fingerprint density at radius 1 is 1.18 bits per heavy atom. The molecule has 2 nitrogen and oxygen atoms in total. The normalized spacial score (nSPS) is 16.3. The first-order valence-electron chi connectivity index (χ1n) is 6.56. The van der Waals surface area contributed by atoms with Crippen molar-refractivity contribution in [3.05, 3.63) is 29.3 Å². The van der Waals surface area contributed by atoms with E-state index in [1.807, 2.05) is 24.3 Å². The molecule has 0 aromatic heterocycles. The molecule has 2 N–H and O–H groups in total. The molecule has 2 rings (SSSR count). The third-order valence-corrected chi connectivity index (χ3v) is 3.58. The van der Waals surface area contributed by atoms with Crippen molar-refractivity contribution >= 4 is 11.6 Å². The van der Waals surface area contributed by atoms with E-state index < -0.39 is 0 Å². The van der Waals surface area contributed by atoms with Gasteiger partial charge in [0.15, 0.2) is 0 Å². The van der Waals surface area contributed by atoms with Gasteiger partial charge in [0.05, 0.1) is 19.2 Å². The van der Waals surface area contributed by atoms with Crippen LogP contribution in [-0.2, 0) is 0 Å². The molecule has 0 spiro atoms. The van der Waals surface area contributed by atoms with Gasteiger partial charge in [-0.15, -0.1) is 0 Å². The number of hydrogen-bond donors (Lipinski definition) is 1. The van der Waals surface area contributed by atoms with Crippen molar-refractivity contribution in [3.8, 4) is 5.75 Å². The fourth-order valence-corrected chi connectivity index (χ4v) is 2.48. The molecular weight excluding hydrogens is 234 g/mol. The van der Waals surface area contributed by atoms with Crippen LogP contribution in [0.5, 0.6) is 5.75 Å². The molecule has 17 heavy (non-hydrogen) atoms. The molecule has 94 valence electrons. The Labute approximate surface area is 108 Å². The topological polar surface area (TPSA) is 25.8 Å². The Morgan fingerprint density at radius 3 is 2.59 bits per heavy atom. The Bertz CT molecular complexity index is 319. The van der Waals surface area contributed by atoms with Gasteiger partial charge in [-0.2, -0.15) is 0 Å². The van der Waals surface area contributed by atoms with Gasteiger partial charge < -0.3 is 10.1 Å². The van der Waals surface area contributed by atoms with Crippen LogP contribution in [-0.4, -0.2) is 19.2 Å². The van der Waals surface area contributed by atoms with Gasteiger partial charge in [0, 0.05) is 11.4 Å². The molecule has 1 aliphatic rings. The highest BCUT2D eigenvalue weighted by Gasteiger charge is 2.16. The summed E-state index contributed by atoms with van der Waals surface area (Å²) >= 11 is 5.81. The van der Waals surface area contributed by atoms with Crippen molar-refractivity contribution in [2.75, 3.05) is 13.2 Å². The maximum Gasteiger partial charge on any atom is 0.119 e. The first-order chi connectivity index (χ1) is 8.34. The molecule has 0 saturated heterocycles. The molecule has 0 aliphatic heterocycles. The van der Waals surface area contributed by atoms with Crippen molar-refractivity contribution in [2.45, 2.75) is 38.1 Å². The van der Waals surface area contributed by atoms with Crippen molar-refractivity contribution < 1.29 is 10.1 Å². The van der Waals surface area contributed by atoms with E-state index in [0.29, 0.717) is 0 Å². The fourth-order valence-electron chi connectivity index (χ4n) is 2.35. The smallest absolute Gasteiger partial charge is 0.119 e. The van der Waals surface area contributed by atoms with Crippen LogP contribution >= 0.6 is 11.6 Å². The summed E-state index contributed by atoms with van der Waals surface area (Å²) in [6, 6.07) is 8.44. The van der Waals surface area contributed by atoms with E-state index >= 15 is 0 Å². The molecule has 0 bridgehead atoms. The molecule has 1 fully saturated rings. The highest BCUT2D eigenvalue weighted by Crippen LogP contribution is 2.15. The predicted octanol–water partition coefficient (Wildman–Crippen LogP) is 2.61. The van der Waals surface area contributed by atoms with Gasteiger partial charge in [-0.25, -0.2) is 0 Å². The number of rotatable bonds is 6. The molecule has 0 heterocycles. The van der Waals surface area contributed by atoms with Crippen molar-refractivity contribution in [1.82, 2.24) is 0 Å². The van der Waals surface area contributed by atoms with E-state index in [4.69, 9.17) is 16.3 Å². The van der Waals surface area contributed by atoms with Crippen LogP contribution in [0.1, 0.15) is 32.1 Å². The monoisotopic (exact) mass is 254 g/mol. The zero-order valence-electron chi connectivity index (χ0n) is 10.2. The van der Waals surface area contributed by atoms with E-state index in [2.05, 4.69) is 5.32 Å². The van der Waals surface area contributed by atoms with E-state index in [0.717, 1.165) is 29.8 Å². The SMILES string of the molecule is Clc1ccc(OCCC[NH2+]C2CCCC2)cc1. The minimum atomic E-state index is 0.756. The Kier molecular flexibility index (Phi) is 5.14. The quantitative estimate of drug-likeness (QED) is 0.776. The van der Waals surface area contributed by atoms with E-state index in [9.17, 15) is 0 Å². The molecule has 0 atom stereocenters. The number of hydrogen-bond acceptors (Lipinski definition) is 1. The first kappa shape index (κ1) is 12.7. The van der Waals surface area contributed by atoms with Crippen molar-refractivity contribution in [2.24, 2.45) is 0 Å². The summed E-state index contributed by atoms with van der Waals surface area (Å²) in [6.45, 7) is 1.98. The van der Waals surface area contributed by atoms with Crippen LogP contribution in [0.15, 0.2) is 24.3 Å². The zero-order valence-corrected chi connectivity index (χ0v) is 11.0. The second-order valence-corrected chi connectivity index (χ2v) is 5.16. The highest BCUT2D eigenvalue weighted by atomic mass is 35.5. The van der Waals surface area contributed by atoms with E-state index in [-0.39, 0.29) is 0 Å².